The molecule has 2 aromatic rings. The second-order valence-electron chi connectivity index (χ2n) is 5.64. The van der Waals surface area contributed by atoms with E-state index in [9.17, 15) is 22.8 Å². The molecule has 0 radical (unpaired) electrons. The summed E-state index contributed by atoms with van der Waals surface area (Å²) in [6.45, 7) is 1.67. The van der Waals surface area contributed by atoms with E-state index in [0.29, 0.717) is 5.69 Å². The van der Waals surface area contributed by atoms with E-state index in [1.807, 2.05) is 0 Å². The van der Waals surface area contributed by atoms with Crippen molar-refractivity contribution in [3.63, 3.8) is 0 Å². The number of esters is 1. The maximum absolute atomic E-state index is 12.7. The summed E-state index contributed by atoms with van der Waals surface area (Å²) in [4.78, 5) is 23.7. The zero-order chi connectivity index (χ0) is 20.5. The number of hydrogen-bond acceptors (Lipinski definition) is 5. The van der Waals surface area contributed by atoms with Crippen molar-refractivity contribution in [1.82, 2.24) is 0 Å². The molecule has 0 aliphatic carbocycles. The zero-order valence-electron chi connectivity index (χ0n) is 14.3. The highest BCUT2D eigenvalue weighted by Crippen LogP contribution is 2.39. The number of amides is 1. The molecule has 1 heterocycles. The van der Waals surface area contributed by atoms with Crippen LogP contribution in [0.4, 0.5) is 18.9 Å². The molecule has 0 aromatic heterocycles. The molecule has 10 heteroatoms. The minimum atomic E-state index is -4.53. The van der Waals surface area contributed by atoms with E-state index in [2.05, 4.69) is 5.32 Å². The predicted molar refractivity (Wildman–Crippen MR) is 92.6 cm³/mol. The minimum Gasteiger partial charge on any atom is -0.466 e. The van der Waals surface area contributed by atoms with Crippen LogP contribution in [0.3, 0.4) is 0 Å². The average Bonchev–Trinajstić information content (AvgIpc) is 2.62. The Hall–Kier alpha value is -2.94. The molecule has 3 rings (SSSR count). The lowest BCUT2D eigenvalue weighted by atomic mass is 10.2. The number of rotatable bonds is 4. The van der Waals surface area contributed by atoms with Crippen molar-refractivity contribution in [3.05, 3.63) is 47.0 Å². The van der Waals surface area contributed by atoms with E-state index in [1.54, 1.807) is 6.92 Å². The first-order valence-electron chi connectivity index (χ1n) is 8.02. The molecule has 0 bridgehead atoms. The molecule has 1 unspecified atom stereocenters. The Balaban J connectivity index is 1.82. The van der Waals surface area contributed by atoms with Crippen LogP contribution < -0.4 is 14.8 Å². The van der Waals surface area contributed by atoms with Gasteiger partial charge in [0.1, 0.15) is 17.2 Å². The summed E-state index contributed by atoms with van der Waals surface area (Å²) in [6, 6.07) is 6.97. The van der Waals surface area contributed by atoms with E-state index < -0.39 is 29.7 Å². The summed E-state index contributed by atoms with van der Waals surface area (Å²) in [5.41, 5.74) is -0.602. The smallest absolute Gasteiger partial charge is 0.416 e. The van der Waals surface area contributed by atoms with Gasteiger partial charge in [-0.05, 0) is 37.3 Å². The topological polar surface area (TPSA) is 73.9 Å². The van der Waals surface area contributed by atoms with Crippen molar-refractivity contribution in [2.45, 2.75) is 19.2 Å². The van der Waals surface area contributed by atoms with Crippen molar-refractivity contribution >= 4 is 29.2 Å². The van der Waals surface area contributed by atoms with Gasteiger partial charge in [0.15, 0.2) is 0 Å². The molecule has 2 aromatic carbocycles. The summed E-state index contributed by atoms with van der Waals surface area (Å²) in [5.74, 6) is -1.21. The Morgan fingerprint density at radius 1 is 1.25 bits per heavy atom. The van der Waals surface area contributed by atoms with Gasteiger partial charge in [0.25, 0.3) is 12.0 Å². The molecule has 6 nitrogen and oxygen atoms in total. The van der Waals surface area contributed by atoms with Crippen LogP contribution in [-0.2, 0) is 20.5 Å². The van der Waals surface area contributed by atoms with Gasteiger partial charge in [0, 0.05) is 6.07 Å². The van der Waals surface area contributed by atoms with Crippen molar-refractivity contribution < 1.29 is 37.0 Å². The fraction of sp³-hybridized carbons (Fsp3) is 0.222. The number of benzene rings is 2. The highest BCUT2D eigenvalue weighted by molar-refractivity contribution is 6.32. The van der Waals surface area contributed by atoms with E-state index in [0.717, 1.165) is 18.2 Å². The van der Waals surface area contributed by atoms with Crippen LogP contribution in [0.5, 0.6) is 17.2 Å². The Morgan fingerprint density at radius 2 is 2.00 bits per heavy atom. The maximum Gasteiger partial charge on any atom is 0.416 e. The van der Waals surface area contributed by atoms with Gasteiger partial charge in [-0.3, -0.25) is 4.79 Å². The second kappa shape index (κ2) is 7.59. The van der Waals surface area contributed by atoms with Crippen LogP contribution in [0.1, 0.15) is 12.5 Å². The number of halogens is 4. The lowest BCUT2D eigenvalue weighted by molar-refractivity contribution is -0.155. The van der Waals surface area contributed by atoms with Crippen LogP contribution in [0, 0.1) is 0 Å². The Kier molecular flexibility index (Phi) is 5.37. The molecular weight excluding hydrogens is 403 g/mol. The number of nitrogens with one attached hydrogen (secondary N) is 1. The molecule has 1 aliphatic rings. The Morgan fingerprint density at radius 3 is 2.64 bits per heavy atom. The fourth-order valence-electron chi connectivity index (χ4n) is 2.41. The number of anilines is 1. The van der Waals surface area contributed by atoms with Gasteiger partial charge in [-0.1, -0.05) is 11.6 Å². The average molecular weight is 416 g/mol. The van der Waals surface area contributed by atoms with Crippen LogP contribution >= 0.6 is 11.6 Å². The molecule has 148 valence electrons. The van der Waals surface area contributed by atoms with E-state index in [-0.39, 0.29) is 28.9 Å². The Labute approximate surface area is 162 Å². The standard InChI is InChI=1S/C18H13ClF3NO5/c1-2-26-17(25)15-16(24)23-12-5-4-10(8-14(12)28-15)27-13-6-3-9(7-11(13)19)18(20,21)22/h3-8,15H,2H2,1H3,(H,23,24). The second-order valence-corrected chi connectivity index (χ2v) is 6.05. The first-order chi connectivity index (χ1) is 13.2. The summed E-state index contributed by atoms with van der Waals surface area (Å²) >= 11 is 5.87. The SMILES string of the molecule is CCOC(=O)C1Oc2cc(Oc3ccc(C(F)(F)F)cc3Cl)ccc2NC1=O. The molecule has 28 heavy (non-hydrogen) atoms. The first-order valence-corrected chi connectivity index (χ1v) is 8.39. The van der Waals surface area contributed by atoms with Crippen molar-refractivity contribution in [2.75, 3.05) is 11.9 Å². The molecule has 0 saturated carbocycles. The summed E-state index contributed by atoms with van der Waals surface area (Å²) in [7, 11) is 0. The molecule has 1 N–H and O–H groups in total. The summed E-state index contributed by atoms with van der Waals surface area (Å²) < 4.78 is 53.8. The van der Waals surface area contributed by atoms with Gasteiger partial charge in [-0.2, -0.15) is 13.2 Å². The van der Waals surface area contributed by atoms with E-state index in [1.165, 1.54) is 18.2 Å². The lowest BCUT2D eigenvalue weighted by Crippen LogP contribution is -2.43. The number of alkyl halides is 3. The van der Waals surface area contributed by atoms with Gasteiger partial charge in [0.05, 0.1) is 22.9 Å². The molecule has 0 spiro atoms. The van der Waals surface area contributed by atoms with Crippen molar-refractivity contribution in [2.24, 2.45) is 0 Å². The quantitative estimate of drug-likeness (QED) is 0.591. The molecule has 0 fully saturated rings. The summed E-state index contributed by atoms with van der Waals surface area (Å²) in [6.07, 6.45) is -6.00. The highest BCUT2D eigenvalue weighted by atomic mass is 35.5. The Bertz CT molecular complexity index is 932. The molecule has 0 saturated heterocycles. The van der Waals surface area contributed by atoms with Crippen LogP contribution in [0.2, 0.25) is 5.02 Å². The zero-order valence-corrected chi connectivity index (χ0v) is 15.1. The monoisotopic (exact) mass is 415 g/mol. The minimum absolute atomic E-state index is 0.00333. The molecule has 1 amide bonds. The van der Waals surface area contributed by atoms with Gasteiger partial charge >= 0.3 is 12.1 Å². The van der Waals surface area contributed by atoms with Gasteiger partial charge in [-0.25, -0.2) is 4.79 Å². The number of fused-ring (bicyclic) bond motifs is 1. The largest absolute Gasteiger partial charge is 0.466 e. The summed E-state index contributed by atoms with van der Waals surface area (Å²) in [5, 5.41) is 2.27. The van der Waals surface area contributed by atoms with Crippen molar-refractivity contribution in [1.29, 1.82) is 0 Å². The number of carbonyl (C=O) groups excluding carboxylic acids is 2. The van der Waals surface area contributed by atoms with Crippen molar-refractivity contribution in [3.8, 4) is 17.2 Å². The molecular formula is C18H13ClF3NO5. The van der Waals surface area contributed by atoms with Crippen LogP contribution in [0.25, 0.3) is 0 Å². The fourth-order valence-corrected chi connectivity index (χ4v) is 2.62. The molecule has 1 aliphatic heterocycles. The van der Waals surface area contributed by atoms with Gasteiger partial charge < -0.3 is 19.5 Å². The number of hydrogen-bond donors (Lipinski definition) is 1. The maximum atomic E-state index is 12.7. The third kappa shape index (κ3) is 4.14. The first kappa shape index (κ1) is 19.8. The van der Waals surface area contributed by atoms with E-state index >= 15 is 0 Å². The van der Waals surface area contributed by atoms with Gasteiger partial charge in [0.2, 0.25) is 0 Å². The number of carbonyl (C=O) groups is 2. The van der Waals surface area contributed by atoms with E-state index in [4.69, 9.17) is 25.8 Å². The normalized spacial score (nSPS) is 15.9. The van der Waals surface area contributed by atoms with Crippen LogP contribution in [0.15, 0.2) is 36.4 Å². The molecule has 1 atom stereocenters. The number of ether oxygens (including phenoxy) is 3. The van der Waals surface area contributed by atoms with Crippen LogP contribution in [-0.4, -0.2) is 24.6 Å². The third-order valence-electron chi connectivity index (χ3n) is 3.68. The van der Waals surface area contributed by atoms with Gasteiger partial charge in [-0.15, -0.1) is 0 Å². The third-order valence-corrected chi connectivity index (χ3v) is 3.98. The lowest BCUT2D eigenvalue weighted by Gasteiger charge is -2.24. The highest BCUT2D eigenvalue weighted by Gasteiger charge is 2.35. The predicted octanol–water partition coefficient (Wildman–Crippen LogP) is 4.41.